The summed E-state index contributed by atoms with van der Waals surface area (Å²) in [5.41, 5.74) is 0.856. The van der Waals surface area contributed by atoms with Crippen LogP contribution in [0.5, 0.6) is 0 Å². The zero-order valence-corrected chi connectivity index (χ0v) is 17.0. The van der Waals surface area contributed by atoms with E-state index in [-0.39, 0.29) is 18.2 Å². The fourth-order valence-electron chi connectivity index (χ4n) is 4.58. The molecule has 158 valence electrons. The minimum atomic E-state index is -1.06. The highest BCUT2D eigenvalue weighted by molar-refractivity contribution is 5.90. The summed E-state index contributed by atoms with van der Waals surface area (Å²) in [6.07, 6.45) is 8.90. The van der Waals surface area contributed by atoms with Gasteiger partial charge in [0.05, 0.1) is 0 Å². The average Bonchev–Trinajstić information content (AvgIpc) is 2.74. The molecule has 1 heterocycles. The van der Waals surface area contributed by atoms with E-state index in [1.165, 1.54) is 19.3 Å². The van der Waals surface area contributed by atoms with Crippen LogP contribution in [0.2, 0.25) is 0 Å². The molecule has 0 radical (unpaired) electrons. The number of carbonyl (C=O) groups excluding carboxylic acids is 2. The minimum absolute atomic E-state index is 0.0479. The molecule has 1 aliphatic heterocycles. The molecule has 1 aromatic rings. The number of hydrogen-bond acceptors (Lipinski definition) is 3. The quantitative estimate of drug-likeness (QED) is 0.736. The van der Waals surface area contributed by atoms with Crippen molar-refractivity contribution in [3.63, 3.8) is 0 Å². The van der Waals surface area contributed by atoms with Gasteiger partial charge in [-0.2, -0.15) is 0 Å². The normalized spacial score (nSPS) is 21.4. The van der Waals surface area contributed by atoms with E-state index in [1.807, 2.05) is 30.3 Å². The van der Waals surface area contributed by atoms with Gasteiger partial charge in [-0.25, -0.2) is 4.79 Å². The van der Waals surface area contributed by atoms with Crippen molar-refractivity contribution in [1.82, 2.24) is 10.2 Å². The molecular weight excluding hydrogens is 368 g/mol. The third kappa shape index (κ3) is 6.05. The van der Waals surface area contributed by atoms with Gasteiger partial charge in [0.15, 0.2) is 0 Å². The predicted molar refractivity (Wildman–Crippen MR) is 110 cm³/mol. The van der Waals surface area contributed by atoms with Crippen molar-refractivity contribution in [2.75, 3.05) is 6.54 Å². The van der Waals surface area contributed by atoms with Gasteiger partial charge in [-0.15, -0.1) is 0 Å². The molecule has 1 aliphatic carbocycles. The number of nitrogens with zero attached hydrogens (tertiary/aromatic N) is 1. The number of aliphatic carboxylic acids is 1. The van der Waals surface area contributed by atoms with Crippen LogP contribution in [0.1, 0.15) is 63.4 Å². The van der Waals surface area contributed by atoms with E-state index in [0.717, 1.165) is 31.2 Å². The van der Waals surface area contributed by atoms with Crippen LogP contribution < -0.4 is 5.32 Å². The van der Waals surface area contributed by atoms with Gasteiger partial charge in [-0.05, 0) is 43.6 Å². The highest BCUT2D eigenvalue weighted by Crippen LogP contribution is 2.28. The Balaban J connectivity index is 1.62. The summed E-state index contributed by atoms with van der Waals surface area (Å²) in [6.45, 7) is 0.583. The maximum absolute atomic E-state index is 12.9. The SMILES string of the molecule is O=C(O)[C@H](Cc1ccccc1)NC(=O)[C@@H]1CCCCN1C(=O)CC1CCCCC1. The second kappa shape index (κ2) is 10.4. The summed E-state index contributed by atoms with van der Waals surface area (Å²) >= 11 is 0. The summed E-state index contributed by atoms with van der Waals surface area (Å²) in [6, 6.07) is 7.71. The van der Waals surface area contributed by atoms with E-state index in [0.29, 0.717) is 25.3 Å². The summed E-state index contributed by atoms with van der Waals surface area (Å²) in [7, 11) is 0. The van der Waals surface area contributed by atoms with Crippen molar-refractivity contribution in [3.8, 4) is 0 Å². The molecule has 6 nitrogen and oxygen atoms in total. The Morgan fingerprint density at radius 1 is 1.00 bits per heavy atom. The first-order valence-electron chi connectivity index (χ1n) is 10.9. The van der Waals surface area contributed by atoms with Crippen molar-refractivity contribution >= 4 is 17.8 Å². The zero-order valence-electron chi connectivity index (χ0n) is 17.0. The Bertz CT molecular complexity index is 700. The van der Waals surface area contributed by atoms with E-state index in [1.54, 1.807) is 4.90 Å². The highest BCUT2D eigenvalue weighted by Gasteiger charge is 2.35. The molecule has 1 saturated carbocycles. The molecule has 1 aromatic carbocycles. The second-order valence-electron chi connectivity index (χ2n) is 8.40. The largest absolute Gasteiger partial charge is 0.480 e. The summed E-state index contributed by atoms with van der Waals surface area (Å²) in [4.78, 5) is 39.3. The van der Waals surface area contributed by atoms with Crippen LogP contribution in [-0.2, 0) is 20.8 Å². The molecule has 29 heavy (non-hydrogen) atoms. The van der Waals surface area contributed by atoms with Crippen LogP contribution in [0.25, 0.3) is 0 Å². The molecule has 2 fully saturated rings. The van der Waals surface area contributed by atoms with Crippen LogP contribution in [0, 0.1) is 5.92 Å². The lowest BCUT2D eigenvalue weighted by Crippen LogP contribution is -2.55. The Morgan fingerprint density at radius 3 is 2.38 bits per heavy atom. The number of rotatable bonds is 7. The van der Waals surface area contributed by atoms with Crippen LogP contribution in [0.4, 0.5) is 0 Å². The number of carboxylic acids is 1. The second-order valence-corrected chi connectivity index (χ2v) is 8.40. The molecule has 2 atom stereocenters. The predicted octanol–water partition coefficient (Wildman–Crippen LogP) is 3.15. The molecule has 0 unspecified atom stereocenters. The van der Waals surface area contributed by atoms with Gasteiger partial charge in [0, 0.05) is 19.4 Å². The monoisotopic (exact) mass is 400 g/mol. The van der Waals surface area contributed by atoms with Gasteiger partial charge >= 0.3 is 5.97 Å². The Labute approximate surface area is 172 Å². The van der Waals surface area contributed by atoms with Crippen molar-refractivity contribution in [1.29, 1.82) is 0 Å². The molecule has 0 spiro atoms. The van der Waals surface area contributed by atoms with E-state index >= 15 is 0 Å². The molecule has 3 rings (SSSR count). The number of benzene rings is 1. The third-order valence-corrected chi connectivity index (χ3v) is 6.21. The minimum Gasteiger partial charge on any atom is -0.480 e. The molecule has 1 saturated heterocycles. The summed E-state index contributed by atoms with van der Waals surface area (Å²) in [5.74, 6) is -0.929. The van der Waals surface area contributed by atoms with Gasteiger partial charge in [0.1, 0.15) is 12.1 Å². The molecule has 0 aromatic heterocycles. The molecule has 6 heteroatoms. The Morgan fingerprint density at radius 2 is 1.69 bits per heavy atom. The summed E-state index contributed by atoms with van der Waals surface area (Å²) < 4.78 is 0. The molecule has 2 N–H and O–H groups in total. The number of likely N-dealkylation sites (tertiary alicyclic amines) is 1. The standard InChI is InChI=1S/C23H32N2O4/c26-21(16-18-11-5-2-6-12-18)25-14-8-7-13-20(25)22(27)24-19(23(28)29)15-17-9-3-1-4-10-17/h1,3-4,9-10,18-20H,2,5-8,11-16H2,(H,24,27)(H,28,29)/t19-,20-/m0/s1. The van der Waals surface area contributed by atoms with Gasteiger partial charge in [-0.1, -0.05) is 49.6 Å². The van der Waals surface area contributed by atoms with Crippen molar-refractivity contribution in [2.24, 2.45) is 5.92 Å². The topological polar surface area (TPSA) is 86.7 Å². The van der Waals surface area contributed by atoms with Crippen molar-refractivity contribution in [2.45, 2.75) is 76.3 Å². The number of nitrogens with one attached hydrogen (secondary N) is 1. The van der Waals surface area contributed by atoms with E-state index in [2.05, 4.69) is 5.32 Å². The number of carboxylic acid groups (broad SMARTS) is 1. The Kier molecular flexibility index (Phi) is 7.67. The molecule has 2 amide bonds. The Hall–Kier alpha value is -2.37. The zero-order chi connectivity index (χ0) is 20.6. The van der Waals surface area contributed by atoms with Crippen LogP contribution in [0.3, 0.4) is 0 Å². The highest BCUT2D eigenvalue weighted by atomic mass is 16.4. The van der Waals surface area contributed by atoms with Crippen molar-refractivity contribution < 1.29 is 19.5 Å². The van der Waals surface area contributed by atoms with Gasteiger partial charge in [-0.3, -0.25) is 9.59 Å². The van der Waals surface area contributed by atoms with E-state index in [4.69, 9.17) is 0 Å². The summed E-state index contributed by atoms with van der Waals surface area (Å²) in [5, 5.41) is 12.3. The van der Waals surface area contributed by atoms with E-state index < -0.39 is 18.1 Å². The van der Waals surface area contributed by atoms with E-state index in [9.17, 15) is 19.5 Å². The fourth-order valence-corrected chi connectivity index (χ4v) is 4.58. The third-order valence-electron chi connectivity index (χ3n) is 6.21. The lowest BCUT2D eigenvalue weighted by molar-refractivity contribution is -0.146. The number of amides is 2. The number of piperidine rings is 1. The molecule has 2 aliphatic rings. The maximum Gasteiger partial charge on any atom is 0.326 e. The lowest BCUT2D eigenvalue weighted by Gasteiger charge is -2.36. The first kappa shape index (κ1) is 21.3. The lowest BCUT2D eigenvalue weighted by atomic mass is 9.86. The molecule has 0 bridgehead atoms. The fraction of sp³-hybridized carbons (Fsp3) is 0.609. The average molecular weight is 401 g/mol. The van der Waals surface area contributed by atoms with Gasteiger partial charge in [0.25, 0.3) is 0 Å². The van der Waals surface area contributed by atoms with Crippen LogP contribution >= 0.6 is 0 Å². The molecular formula is C23H32N2O4. The van der Waals surface area contributed by atoms with Gasteiger partial charge in [0.2, 0.25) is 11.8 Å². The van der Waals surface area contributed by atoms with Crippen LogP contribution in [0.15, 0.2) is 30.3 Å². The number of hydrogen-bond donors (Lipinski definition) is 2. The maximum atomic E-state index is 12.9. The smallest absolute Gasteiger partial charge is 0.326 e. The number of carbonyl (C=O) groups is 3. The first-order valence-corrected chi connectivity index (χ1v) is 10.9. The van der Waals surface area contributed by atoms with Crippen molar-refractivity contribution in [3.05, 3.63) is 35.9 Å². The van der Waals surface area contributed by atoms with Crippen LogP contribution in [-0.4, -0.2) is 46.4 Å². The first-order chi connectivity index (χ1) is 14.0. The van der Waals surface area contributed by atoms with Gasteiger partial charge < -0.3 is 15.3 Å².